The van der Waals surface area contributed by atoms with Gasteiger partial charge in [0.15, 0.2) is 0 Å². The number of amides is 1. The first-order valence-corrected chi connectivity index (χ1v) is 7.86. The standard InChI is InChI=1S/C17H27N3O/c1-4-14-7-5-6-8-15(14)13-19-16(21)17(2,3)20-11-9-18-10-12-20/h5-8,18H,4,9-13H2,1-3H3,(H,19,21). The third-order valence-corrected chi connectivity index (χ3v) is 4.40. The average molecular weight is 289 g/mol. The second-order valence-electron chi connectivity index (χ2n) is 6.10. The Kier molecular flexibility index (Phi) is 5.37. The fourth-order valence-electron chi connectivity index (χ4n) is 2.83. The number of nitrogens with zero attached hydrogens (tertiary/aromatic N) is 1. The summed E-state index contributed by atoms with van der Waals surface area (Å²) in [6.07, 6.45) is 0.993. The van der Waals surface area contributed by atoms with Gasteiger partial charge in [0.25, 0.3) is 0 Å². The minimum absolute atomic E-state index is 0.107. The molecule has 0 aliphatic carbocycles. The van der Waals surface area contributed by atoms with Gasteiger partial charge in [-0.3, -0.25) is 9.69 Å². The maximum Gasteiger partial charge on any atom is 0.240 e. The number of benzene rings is 1. The first kappa shape index (κ1) is 16.0. The Hall–Kier alpha value is -1.39. The van der Waals surface area contributed by atoms with Crippen LogP contribution < -0.4 is 10.6 Å². The number of aryl methyl sites for hydroxylation is 1. The van der Waals surface area contributed by atoms with Gasteiger partial charge in [0.1, 0.15) is 0 Å². The highest BCUT2D eigenvalue weighted by Gasteiger charge is 2.34. The summed E-state index contributed by atoms with van der Waals surface area (Å²) in [5.74, 6) is 0.107. The van der Waals surface area contributed by atoms with E-state index in [-0.39, 0.29) is 5.91 Å². The van der Waals surface area contributed by atoms with E-state index in [9.17, 15) is 4.79 Å². The molecule has 116 valence electrons. The molecule has 0 spiro atoms. The van der Waals surface area contributed by atoms with Crippen molar-refractivity contribution >= 4 is 5.91 Å². The molecule has 1 aromatic carbocycles. The fourth-order valence-corrected chi connectivity index (χ4v) is 2.83. The zero-order valence-corrected chi connectivity index (χ0v) is 13.4. The second kappa shape index (κ2) is 7.05. The van der Waals surface area contributed by atoms with Crippen LogP contribution in [0.25, 0.3) is 0 Å². The van der Waals surface area contributed by atoms with Crippen LogP contribution in [0, 0.1) is 0 Å². The molecule has 2 N–H and O–H groups in total. The van der Waals surface area contributed by atoms with E-state index in [1.807, 2.05) is 19.9 Å². The van der Waals surface area contributed by atoms with Crippen molar-refractivity contribution in [1.82, 2.24) is 15.5 Å². The van der Waals surface area contributed by atoms with E-state index in [1.165, 1.54) is 11.1 Å². The average Bonchev–Trinajstić information content (AvgIpc) is 2.53. The Morgan fingerprint density at radius 1 is 1.24 bits per heavy atom. The van der Waals surface area contributed by atoms with Crippen LogP contribution in [0.5, 0.6) is 0 Å². The Balaban J connectivity index is 1.97. The van der Waals surface area contributed by atoms with Gasteiger partial charge in [0, 0.05) is 32.7 Å². The van der Waals surface area contributed by atoms with E-state index in [1.54, 1.807) is 0 Å². The van der Waals surface area contributed by atoms with Crippen LogP contribution >= 0.6 is 0 Å². The molecule has 1 heterocycles. The molecule has 1 aliphatic heterocycles. The maximum atomic E-state index is 12.6. The molecule has 1 aliphatic rings. The van der Waals surface area contributed by atoms with E-state index < -0.39 is 5.54 Å². The summed E-state index contributed by atoms with van der Waals surface area (Å²) in [6, 6.07) is 8.30. The summed E-state index contributed by atoms with van der Waals surface area (Å²) in [7, 11) is 0. The number of hydrogen-bond acceptors (Lipinski definition) is 3. The molecule has 0 atom stereocenters. The highest BCUT2D eigenvalue weighted by Crippen LogP contribution is 2.16. The van der Waals surface area contributed by atoms with Gasteiger partial charge in [-0.2, -0.15) is 0 Å². The fraction of sp³-hybridized carbons (Fsp3) is 0.588. The Labute approximate surface area is 127 Å². The molecule has 0 bridgehead atoms. The highest BCUT2D eigenvalue weighted by molar-refractivity contribution is 5.85. The summed E-state index contributed by atoms with van der Waals surface area (Å²) in [5.41, 5.74) is 2.06. The van der Waals surface area contributed by atoms with Gasteiger partial charge in [-0.15, -0.1) is 0 Å². The van der Waals surface area contributed by atoms with Crippen molar-refractivity contribution in [1.29, 1.82) is 0 Å². The number of carbonyl (C=O) groups is 1. The van der Waals surface area contributed by atoms with Gasteiger partial charge in [-0.1, -0.05) is 31.2 Å². The van der Waals surface area contributed by atoms with E-state index >= 15 is 0 Å². The molecule has 1 fully saturated rings. The number of piperazine rings is 1. The lowest BCUT2D eigenvalue weighted by Crippen LogP contribution is -2.59. The van der Waals surface area contributed by atoms with Crippen molar-refractivity contribution < 1.29 is 4.79 Å². The predicted molar refractivity (Wildman–Crippen MR) is 86.2 cm³/mol. The van der Waals surface area contributed by atoms with Gasteiger partial charge in [-0.25, -0.2) is 0 Å². The van der Waals surface area contributed by atoms with E-state index in [0.29, 0.717) is 6.54 Å². The molecule has 0 unspecified atom stereocenters. The molecular weight excluding hydrogens is 262 g/mol. The monoisotopic (exact) mass is 289 g/mol. The molecule has 4 heteroatoms. The molecule has 4 nitrogen and oxygen atoms in total. The Morgan fingerprint density at radius 3 is 2.48 bits per heavy atom. The van der Waals surface area contributed by atoms with Crippen LogP contribution in [0.2, 0.25) is 0 Å². The lowest BCUT2D eigenvalue weighted by atomic mass is 9.99. The highest BCUT2D eigenvalue weighted by atomic mass is 16.2. The third kappa shape index (κ3) is 3.83. The Morgan fingerprint density at radius 2 is 1.86 bits per heavy atom. The summed E-state index contributed by atoms with van der Waals surface area (Å²) < 4.78 is 0. The van der Waals surface area contributed by atoms with Crippen LogP contribution in [0.4, 0.5) is 0 Å². The smallest absolute Gasteiger partial charge is 0.240 e. The lowest BCUT2D eigenvalue weighted by molar-refractivity contribution is -0.132. The minimum Gasteiger partial charge on any atom is -0.350 e. The summed E-state index contributed by atoms with van der Waals surface area (Å²) in [4.78, 5) is 14.8. The van der Waals surface area contributed by atoms with Crippen molar-refractivity contribution in [2.24, 2.45) is 0 Å². The molecule has 21 heavy (non-hydrogen) atoms. The van der Waals surface area contributed by atoms with E-state index in [2.05, 4.69) is 40.7 Å². The van der Waals surface area contributed by atoms with Crippen LogP contribution in [0.1, 0.15) is 31.9 Å². The van der Waals surface area contributed by atoms with Crippen LogP contribution in [-0.2, 0) is 17.8 Å². The zero-order chi connectivity index (χ0) is 15.3. The van der Waals surface area contributed by atoms with E-state index in [4.69, 9.17) is 0 Å². The van der Waals surface area contributed by atoms with Crippen LogP contribution in [0.15, 0.2) is 24.3 Å². The molecule has 0 radical (unpaired) electrons. The lowest BCUT2D eigenvalue weighted by Gasteiger charge is -2.39. The van der Waals surface area contributed by atoms with Crippen molar-refractivity contribution in [3.05, 3.63) is 35.4 Å². The molecule has 1 aromatic rings. The van der Waals surface area contributed by atoms with E-state index in [0.717, 1.165) is 32.6 Å². The second-order valence-corrected chi connectivity index (χ2v) is 6.10. The first-order chi connectivity index (χ1) is 10.1. The molecule has 1 saturated heterocycles. The topological polar surface area (TPSA) is 44.4 Å². The largest absolute Gasteiger partial charge is 0.350 e. The van der Waals surface area contributed by atoms with Crippen LogP contribution in [0.3, 0.4) is 0 Å². The first-order valence-electron chi connectivity index (χ1n) is 7.86. The summed E-state index contributed by atoms with van der Waals surface area (Å²) in [6.45, 7) is 10.5. The van der Waals surface area contributed by atoms with Crippen LogP contribution in [-0.4, -0.2) is 42.5 Å². The molecule has 1 amide bonds. The quantitative estimate of drug-likeness (QED) is 0.864. The molecule has 2 rings (SSSR count). The van der Waals surface area contributed by atoms with Gasteiger partial charge in [0.2, 0.25) is 5.91 Å². The number of carbonyl (C=O) groups excluding carboxylic acids is 1. The maximum absolute atomic E-state index is 12.6. The normalized spacial score (nSPS) is 16.7. The Bertz CT molecular complexity index is 479. The van der Waals surface area contributed by atoms with Gasteiger partial charge in [-0.05, 0) is 31.4 Å². The van der Waals surface area contributed by atoms with Crippen molar-refractivity contribution in [2.45, 2.75) is 39.3 Å². The van der Waals surface area contributed by atoms with Gasteiger partial charge in [0.05, 0.1) is 5.54 Å². The SMILES string of the molecule is CCc1ccccc1CNC(=O)C(C)(C)N1CCNCC1. The van der Waals surface area contributed by atoms with Gasteiger partial charge < -0.3 is 10.6 Å². The molecule has 0 saturated carbocycles. The third-order valence-electron chi connectivity index (χ3n) is 4.40. The van der Waals surface area contributed by atoms with Crippen molar-refractivity contribution in [3.8, 4) is 0 Å². The van der Waals surface area contributed by atoms with Crippen molar-refractivity contribution in [2.75, 3.05) is 26.2 Å². The minimum atomic E-state index is -0.455. The van der Waals surface area contributed by atoms with Gasteiger partial charge >= 0.3 is 0 Å². The number of rotatable bonds is 5. The summed E-state index contributed by atoms with van der Waals surface area (Å²) >= 11 is 0. The summed E-state index contributed by atoms with van der Waals surface area (Å²) in [5, 5.41) is 6.44. The van der Waals surface area contributed by atoms with Crippen molar-refractivity contribution in [3.63, 3.8) is 0 Å². The number of hydrogen-bond donors (Lipinski definition) is 2. The molecular formula is C17H27N3O. The predicted octanol–water partition coefficient (Wildman–Crippen LogP) is 1.55. The number of nitrogens with one attached hydrogen (secondary N) is 2. The molecule has 0 aromatic heterocycles. The zero-order valence-electron chi connectivity index (χ0n) is 13.4.